The van der Waals surface area contributed by atoms with Gasteiger partial charge in [-0.2, -0.15) is 0 Å². The number of hydrogen-bond acceptors (Lipinski definition) is 2. The van der Waals surface area contributed by atoms with Gasteiger partial charge in [0.1, 0.15) is 11.6 Å². The van der Waals surface area contributed by atoms with Crippen LogP contribution in [0, 0.1) is 11.6 Å². The Labute approximate surface area is 115 Å². The lowest BCUT2D eigenvalue weighted by Gasteiger charge is -2.10. The van der Waals surface area contributed by atoms with Gasteiger partial charge in [-0.25, -0.2) is 8.78 Å². The molecule has 0 saturated carbocycles. The molecule has 0 aliphatic heterocycles. The minimum absolute atomic E-state index is 0.0185. The highest BCUT2D eigenvalue weighted by atomic mass is 32.2. The van der Waals surface area contributed by atoms with E-state index in [9.17, 15) is 8.78 Å². The maximum atomic E-state index is 13.5. The van der Waals surface area contributed by atoms with Crippen LogP contribution < -0.4 is 5.73 Å². The Morgan fingerprint density at radius 2 is 1.79 bits per heavy atom. The Morgan fingerprint density at radius 1 is 1.11 bits per heavy atom. The van der Waals surface area contributed by atoms with Crippen LogP contribution in [0.25, 0.3) is 0 Å². The Hall–Kier alpha value is -1.39. The molecule has 0 fully saturated rings. The Balaban J connectivity index is 2.17. The summed E-state index contributed by atoms with van der Waals surface area (Å²) in [4.78, 5) is 1.14. The normalized spacial score (nSPS) is 12.4. The van der Waals surface area contributed by atoms with E-state index in [0.717, 1.165) is 29.0 Å². The topological polar surface area (TPSA) is 26.0 Å². The van der Waals surface area contributed by atoms with Crippen molar-refractivity contribution in [2.45, 2.75) is 29.2 Å². The zero-order valence-electron chi connectivity index (χ0n) is 10.6. The van der Waals surface area contributed by atoms with E-state index < -0.39 is 11.6 Å². The molecule has 0 spiro atoms. The van der Waals surface area contributed by atoms with Crippen LogP contribution in [0.5, 0.6) is 0 Å². The summed E-state index contributed by atoms with van der Waals surface area (Å²) in [7, 11) is 0. The van der Waals surface area contributed by atoms with Crippen LogP contribution in [-0.4, -0.2) is 0 Å². The lowest BCUT2D eigenvalue weighted by Crippen LogP contribution is -2.07. The molecule has 0 aliphatic rings. The molecule has 2 aromatic rings. The van der Waals surface area contributed by atoms with Crippen LogP contribution in [0.1, 0.15) is 24.9 Å². The van der Waals surface area contributed by atoms with Crippen molar-refractivity contribution in [1.82, 2.24) is 0 Å². The summed E-state index contributed by atoms with van der Waals surface area (Å²) in [5.74, 6) is -0.853. The molecular weight excluding hydrogens is 264 g/mol. The molecule has 2 rings (SSSR count). The summed E-state index contributed by atoms with van der Waals surface area (Å²) >= 11 is 1.20. The Morgan fingerprint density at radius 3 is 2.42 bits per heavy atom. The molecule has 2 N–H and O–H groups in total. The van der Waals surface area contributed by atoms with Crippen molar-refractivity contribution in [1.29, 1.82) is 0 Å². The van der Waals surface area contributed by atoms with Crippen molar-refractivity contribution in [2.75, 3.05) is 0 Å². The van der Waals surface area contributed by atoms with Gasteiger partial charge in [0.2, 0.25) is 0 Å². The summed E-state index contributed by atoms with van der Waals surface area (Å²) in [5, 5.41) is 0. The van der Waals surface area contributed by atoms with Crippen LogP contribution in [-0.2, 0) is 0 Å². The summed E-state index contributed by atoms with van der Waals surface area (Å²) < 4.78 is 26.6. The number of hydrogen-bond donors (Lipinski definition) is 1. The van der Waals surface area contributed by atoms with Crippen LogP contribution in [0.4, 0.5) is 8.78 Å². The maximum absolute atomic E-state index is 13.5. The summed E-state index contributed by atoms with van der Waals surface area (Å²) in [6, 6.07) is 11.1. The third-order valence-electron chi connectivity index (χ3n) is 2.87. The average molecular weight is 279 g/mol. The van der Waals surface area contributed by atoms with Crippen molar-refractivity contribution in [3.8, 4) is 0 Å². The van der Waals surface area contributed by atoms with E-state index in [2.05, 4.69) is 0 Å². The van der Waals surface area contributed by atoms with Crippen LogP contribution in [0.2, 0.25) is 0 Å². The molecule has 1 nitrogen and oxygen atoms in total. The molecular formula is C15H15F2NS. The predicted octanol–water partition coefficient (Wildman–Crippen LogP) is 4.53. The number of halogens is 2. The minimum Gasteiger partial charge on any atom is -0.324 e. The third-order valence-corrected chi connectivity index (χ3v) is 3.91. The first-order valence-electron chi connectivity index (χ1n) is 6.08. The predicted molar refractivity (Wildman–Crippen MR) is 74.1 cm³/mol. The van der Waals surface area contributed by atoms with Gasteiger partial charge in [-0.15, -0.1) is 0 Å². The fraction of sp³-hybridized carbons (Fsp3) is 0.200. The van der Waals surface area contributed by atoms with Gasteiger partial charge in [0.05, 0.1) is 4.90 Å². The Kier molecular flexibility index (Phi) is 4.56. The number of nitrogens with two attached hydrogens (primary N) is 1. The van der Waals surface area contributed by atoms with Crippen molar-refractivity contribution in [3.05, 3.63) is 59.7 Å². The van der Waals surface area contributed by atoms with E-state index in [4.69, 9.17) is 5.73 Å². The van der Waals surface area contributed by atoms with Crippen LogP contribution >= 0.6 is 11.8 Å². The van der Waals surface area contributed by atoms with Gasteiger partial charge >= 0.3 is 0 Å². The van der Waals surface area contributed by atoms with Gasteiger partial charge in [-0.1, -0.05) is 30.8 Å². The molecule has 0 saturated heterocycles. The van der Waals surface area contributed by atoms with E-state index in [0.29, 0.717) is 0 Å². The zero-order chi connectivity index (χ0) is 13.8. The molecule has 0 radical (unpaired) electrons. The molecule has 2 aromatic carbocycles. The van der Waals surface area contributed by atoms with Gasteiger partial charge in [-0.3, -0.25) is 0 Å². The molecule has 0 amide bonds. The van der Waals surface area contributed by atoms with Gasteiger partial charge < -0.3 is 5.73 Å². The standard InChI is InChI=1S/C15H15F2NS/c1-2-14(18)10-3-6-12(7-4-10)19-15-9-11(16)5-8-13(15)17/h3-9,14H,2,18H2,1H3. The van der Waals surface area contributed by atoms with Crippen molar-refractivity contribution >= 4 is 11.8 Å². The Bertz CT molecular complexity index is 555. The third kappa shape index (κ3) is 3.55. The van der Waals surface area contributed by atoms with E-state index in [-0.39, 0.29) is 10.9 Å². The molecule has 1 atom stereocenters. The summed E-state index contributed by atoms with van der Waals surface area (Å²) in [6.45, 7) is 2.02. The molecule has 0 aliphatic carbocycles. The minimum atomic E-state index is -0.437. The van der Waals surface area contributed by atoms with Gasteiger partial charge in [0.15, 0.2) is 0 Å². The second-order valence-electron chi connectivity index (χ2n) is 4.26. The highest BCUT2D eigenvalue weighted by Crippen LogP contribution is 2.31. The van der Waals surface area contributed by atoms with Crippen molar-refractivity contribution < 1.29 is 8.78 Å². The van der Waals surface area contributed by atoms with E-state index in [1.807, 2.05) is 31.2 Å². The molecule has 0 bridgehead atoms. The second-order valence-corrected chi connectivity index (χ2v) is 5.38. The summed E-state index contributed by atoms with van der Waals surface area (Å²) in [6.07, 6.45) is 0.866. The van der Waals surface area contributed by atoms with Gasteiger partial charge in [-0.05, 0) is 42.3 Å². The number of benzene rings is 2. The van der Waals surface area contributed by atoms with E-state index in [1.165, 1.54) is 17.8 Å². The first-order valence-corrected chi connectivity index (χ1v) is 6.90. The monoisotopic (exact) mass is 279 g/mol. The van der Waals surface area contributed by atoms with Crippen molar-refractivity contribution in [2.24, 2.45) is 5.73 Å². The highest BCUT2D eigenvalue weighted by Gasteiger charge is 2.07. The average Bonchev–Trinajstić information content (AvgIpc) is 2.43. The van der Waals surface area contributed by atoms with E-state index >= 15 is 0 Å². The smallest absolute Gasteiger partial charge is 0.137 e. The molecule has 19 heavy (non-hydrogen) atoms. The first kappa shape index (κ1) is 14.0. The molecule has 4 heteroatoms. The fourth-order valence-corrected chi connectivity index (χ4v) is 2.56. The van der Waals surface area contributed by atoms with Crippen LogP contribution in [0.15, 0.2) is 52.3 Å². The maximum Gasteiger partial charge on any atom is 0.137 e. The highest BCUT2D eigenvalue weighted by molar-refractivity contribution is 7.99. The molecule has 0 heterocycles. The second kappa shape index (κ2) is 6.17. The largest absolute Gasteiger partial charge is 0.324 e. The quantitative estimate of drug-likeness (QED) is 0.890. The van der Waals surface area contributed by atoms with Gasteiger partial charge in [0, 0.05) is 10.9 Å². The van der Waals surface area contributed by atoms with E-state index in [1.54, 1.807) is 0 Å². The SMILES string of the molecule is CCC(N)c1ccc(Sc2cc(F)ccc2F)cc1. The van der Waals surface area contributed by atoms with Crippen molar-refractivity contribution in [3.63, 3.8) is 0 Å². The lowest BCUT2D eigenvalue weighted by molar-refractivity contribution is 0.577. The van der Waals surface area contributed by atoms with Crippen LogP contribution in [0.3, 0.4) is 0 Å². The lowest BCUT2D eigenvalue weighted by atomic mass is 10.1. The fourth-order valence-electron chi connectivity index (χ4n) is 1.70. The molecule has 0 aromatic heterocycles. The zero-order valence-corrected chi connectivity index (χ0v) is 11.4. The number of rotatable bonds is 4. The summed E-state index contributed by atoms with van der Waals surface area (Å²) in [5.41, 5.74) is 6.97. The van der Waals surface area contributed by atoms with Gasteiger partial charge in [0.25, 0.3) is 0 Å². The molecule has 1 unspecified atom stereocenters. The molecule has 100 valence electrons. The first-order chi connectivity index (χ1) is 9.10.